The van der Waals surface area contributed by atoms with E-state index in [1.165, 1.54) is 64.2 Å². The number of para-hydroxylation sites is 1. The predicted molar refractivity (Wildman–Crippen MR) is 119 cm³/mol. The molecule has 160 valence electrons. The molecule has 1 N–H and O–H groups in total. The molecule has 4 nitrogen and oxygen atoms in total. The minimum atomic E-state index is -0.749. The lowest BCUT2D eigenvalue weighted by atomic mass is 10.0. The SMILES string of the molecule is CCCCCCCCCCCCCCCC(=O)c1c(O)c2ccccc2oc1=O. The Hall–Kier alpha value is -2.10. The van der Waals surface area contributed by atoms with Crippen molar-refractivity contribution in [2.45, 2.75) is 96.8 Å². The lowest BCUT2D eigenvalue weighted by molar-refractivity contribution is 0.0973. The minimum absolute atomic E-state index is 0.206. The fourth-order valence-corrected chi connectivity index (χ4v) is 3.81. The molecule has 4 heteroatoms. The summed E-state index contributed by atoms with van der Waals surface area (Å²) in [4.78, 5) is 24.5. The van der Waals surface area contributed by atoms with E-state index in [1.807, 2.05) is 0 Å². The van der Waals surface area contributed by atoms with E-state index in [-0.39, 0.29) is 23.5 Å². The third kappa shape index (κ3) is 7.68. The highest BCUT2D eigenvalue weighted by atomic mass is 16.4. The van der Waals surface area contributed by atoms with Gasteiger partial charge in [-0.15, -0.1) is 0 Å². The molecule has 0 atom stereocenters. The van der Waals surface area contributed by atoms with Crippen LogP contribution in [0.3, 0.4) is 0 Å². The maximum Gasteiger partial charge on any atom is 0.351 e. The van der Waals surface area contributed by atoms with Gasteiger partial charge in [0.25, 0.3) is 0 Å². The summed E-state index contributed by atoms with van der Waals surface area (Å²) in [6.45, 7) is 2.25. The molecule has 0 spiro atoms. The fraction of sp³-hybridized carbons (Fsp3) is 0.600. The van der Waals surface area contributed by atoms with Gasteiger partial charge in [0.2, 0.25) is 0 Å². The van der Waals surface area contributed by atoms with Gasteiger partial charge in [0.05, 0.1) is 5.39 Å². The molecule has 1 aromatic heterocycles. The second kappa shape index (κ2) is 13.2. The number of aromatic hydroxyl groups is 1. The van der Waals surface area contributed by atoms with Crippen molar-refractivity contribution in [2.75, 3.05) is 0 Å². The maximum atomic E-state index is 12.4. The largest absolute Gasteiger partial charge is 0.506 e. The summed E-state index contributed by atoms with van der Waals surface area (Å²) < 4.78 is 5.18. The molecule has 0 bridgehead atoms. The van der Waals surface area contributed by atoms with Gasteiger partial charge in [-0.1, -0.05) is 96.1 Å². The molecule has 0 saturated carbocycles. The number of carbonyl (C=O) groups is 1. The van der Waals surface area contributed by atoms with Crippen molar-refractivity contribution in [2.24, 2.45) is 0 Å². The minimum Gasteiger partial charge on any atom is -0.506 e. The second-order valence-electron chi connectivity index (χ2n) is 8.03. The molecule has 0 aliphatic carbocycles. The van der Waals surface area contributed by atoms with Gasteiger partial charge >= 0.3 is 5.63 Å². The standard InChI is InChI=1S/C25H36O4/c1-2-3-4-5-6-7-8-9-10-11-12-13-14-18-21(26)23-24(27)20-17-15-16-19-22(20)29-25(23)28/h15-17,19,27H,2-14,18H2,1H3. The number of rotatable bonds is 15. The third-order valence-electron chi connectivity index (χ3n) is 5.57. The molecule has 0 amide bonds. The highest BCUT2D eigenvalue weighted by molar-refractivity contribution is 6.02. The van der Waals surface area contributed by atoms with E-state index in [4.69, 9.17) is 4.42 Å². The van der Waals surface area contributed by atoms with Gasteiger partial charge in [0.15, 0.2) is 5.78 Å². The molecule has 0 fully saturated rings. The topological polar surface area (TPSA) is 67.5 Å². The van der Waals surface area contributed by atoms with Crippen LogP contribution in [0.5, 0.6) is 5.75 Å². The lowest BCUT2D eigenvalue weighted by Gasteiger charge is -2.06. The Labute approximate surface area is 174 Å². The van der Waals surface area contributed by atoms with Crippen molar-refractivity contribution in [3.8, 4) is 5.75 Å². The molecule has 1 aromatic carbocycles. The number of Topliss-reactive ketones (excluding diaryl/α,β-unsaturated/α-hetero) is 1. The summed E-state index contributed by atoms with van der Waals surface area (Å²) in [5, 5.41) is 10.7. The van der Waals surface area contributed by atoms with Crippen LogP contribution in [0.1, 0.15) is 107 Å². The Morgan fingerprint density at radius 1 is 0.828 bits per heavy atom. The highest BCUT2D eigenvalue weighted by Crippen LogP contribution is 2.27. The average molecular weight is 401 g/mol. The van der Waals surface area contributed by atoms with E-state index in [1.54, 1.807) is 24.3 Å². The number of fused-ring (bicyclic) bond motifs is 1. The first-order valence-corrected chi connectivity index (χ1v) is 11.4. The summed E-state index contributed by atoms with van der Waals surface area (Å²) >= 11 is 0. The summed E-state index contributed by atoms with van der Waals surface area (Å²) in [5.74, 6) is -0.582. The van der Waals surface area contributed by atoms with E-state index in [0.29, 0.717) is 11.0 Å². The fourth-order valence-electron chi connectivity index (χ4n) is 3.81. The van der Waals surface area contributed by atoms with Crippen molar-refractivity contribution >= 4 is 16.8 Å². The van der Waals surface area contributed by atoms with Gasteiger partial charge < -0.3 is 9.52 Å². The van der Waals surface area contributed by atoms with Crippen molar-refractivity contribution in [1.82, 2.24) is 0 Å². The molecular formula is C25H36O4. The van der Waals surface area contributed by atoms with Crippen LogP contribution in [-0.2, 0) is 0 Å². The van der Waals surface area contributed by atoms with Crippen LogP contribution >= 0.6 is 0 Å². The predicted octanol–water partition coefficient (Wildman–Crippen LogP) is 7.16. The van der Waals surface area contributed by atoms with Crippen LogP contribution in [0.4, 0.5) is 0 Å². The van der Waals surface area contributed by atoms with E-state index in [0.717, 1.165) is 19.3 Å². The third-order valence-corrected chi connectivity index (χ3v) is 5.57. The molecule has 0 saturated heterocycles. The molecule has 0 radical (unpaired) electrons. The zero-order valence-electron chi connectivity index (χ0n) is 17.9. The van der Waals surface area contributed by atoms with Crippen molar-refractivity contribution in [1.29, 1.82) is 0 Å². The first-order chi connectivity index (χ1) is 14.1. The Kier molecular flexibility index (Phi) is 10.5. The molecule has 0 aliphatic heterocycles. The van der Waals surface area contributed by atoms with E-state index in [2.05, 4.69) is 6.92 Å². The molecular weight excluding hydrogens is 364 g/mol. The quantitative estimate of drug-likeness (QED) is 0.196. The molecule has 2 rings (SSSR count). The highest BCUT2D eigenvalue weighted by Gasteiger charge is 2.20. The summed E-state index contributed by atoms with van der Waals surface area (Å²) in [6.07, 6.45) is 16.4. The summed E-state index contributed by atoms with van der Waals surface area (Å²) in [7, 11) is 0. The maximum absolute atomic E-state index is 12.4. The number of ketones is 1. The Morgan fingerprint density at radius 3 is 1.93 bits per heavy atom. The summed E-state index contributed by atoms with van der Waals surface area (Å²) in [5.41, 5.74) is -0.656. The Balaban J connectivity index is 1.60. The van der Waals surface area contributed by atoms with E-state index < -0.39 is 5.63 Å². The number of benzene rings is 1. The van der Waals surface area contributed by atoms with Gasteiger partial charge in [0, 0.05) is 6.42 Å². The summed E-state index contributed by atoms with van der Waals surface area (Å²) in [6, 6.07) is 6.72. The van der Waals surface area contributed by atoms with E-state index in [9.17, 15) is 14.7 Å². The zero-order valence-corrected chi connectivity index (χ0v) is 17.9. The first kappa shape index (κ1) is 23.2. The number of unbranched alkanes of at least 4 members (excludes halogenated alkanes) is 12. The Bertz CT molecular complexity index is 806. The van der Waals surface area contributed by atoms with Crippen LogP contribution in [0.25, 0.3) is 11.0 Å². The van der Waals surface area contributed by atoms with Crippen molar-refractivity contribution in [3.05, 3.63) is 40.2 Å². The van der Waals surface area contributed by atoms with Crippen molar-refractivity contribution < 1.29 is 14.3 Å². The second-order valence-corrected chi connectivity index (χ2v) is 8.03. The first-order valence-electron chi connectivity index (χ1n) is 11.4. The van der Waals surface area contributed by atoms with Gasteiger partial charge in [-0.25, -0.2) is 4.79 Å². The molecule has 0 unspecified atom stereocenters. The van der Waals surface area contributed by atoms with Crippen LogP contribution < -0.4 is 5.63 Å². The van der Waals surface area contributed by atoms with Crippen LogP contribution in [-0.4, -0.2) is 10.9 Å². The van der Waals surface area contributed by atoms with Gasteiger partial charge in [-0.05, 0) is 18.6 Å². The van der Waals surface area contributed by atoms with Gasteiger partial charge in [-0.2, -0.15) is 0 Å². The molecule has 2 aromatic rings. The molecule has 29 heavy (non-hydrogen) atoms. The monoisotopic (exact) mass is 400 g/mol. The molecule has 1 heterocycles. The lowest BCUT2D eigenvalue weighted by Crippen LogP contribution is -2.14. The number of hydrogen-bond acceptors (Lipinski definition) is 4. The number of hydrogen-bond donors (Lipinski definition) is 1. The normalized spacial score (nSPS) is 11.2. The van der Waals surface area contributed by atoms with Gasteiger partial charge in [-0.3, -0.25) is 4.79 Å². The zero-order chi connectivity index (χ0) is 20.9. The number of carbonyl (C=O) groups excluding carboxylic acids is 1. The van der Waals surface area contributed by atoms with E-state index >= 15 is 0 Å². The van der Waals surface area contributed by atoms with Crippen LogP contribution in [0.15, 0.2) is 33.5 Å². The molecule has 0 aliphatic rings. The average Bonchev–Trinajstić information content (AvgIpc) is 2.71. The van der Waals surface area contributed by atoms with Crippen LogP contribution in [0.2, 0.25) is 0 Å². The Morgan fingerprint density at radius 2 is 1.34 bits per heavy atom. The van der Waals surface area contributed by atoms with Crippen LogP contribution in [0, 0.1) is 0 Å². The smallest absolute Gasteiger partial charge is 0.351 e. The van der Waals surface area contributed by atoms with Gasteiger partial charge in [0.1, 0.15) is 16.9 Å². The van der Waals surface area contributed by atoms with Crippen molar-refractivity contribution in [3.63, 3.8) is 0 Å².